The summed E-state index contributed by atoms with van der Waals surface area (Å²) < 4.78 is 2.38. The predicted molar refractivity (Wildman–Crippen MR) is 79.4 cm³/mol. The van der Waals surface area contributed by atoms with Gasteiger partial charge in [-0.15, -0.1) is 0 Å². The SMILES string of the molecule is CCc1nc2cnc(C)c(C)c2n1CCCSC. The Kier molecular flexibility index (Phi) is 4.27. The van der Waals surface area contributed by atoms with Crippen LogP contribution in [-0.4, -0.2) is 26.5 Å². The maximum absolute atomic E-state index is 4.71. The van der Waals surface area contributed by atoms with Crippen molar-refractivity contribution in [3.63, 3.8) is 0 Å². The van der Waals surface area contributed by atoms with Crippen LogP contribution < -0.4 is 0 Å². The molecule has 2 heterocycles. The average Bonchev–Trinajstić information content (AvgIpc) is 2.73. The third kappa shape index (κ3) is 2.39. The molecule has 0 radical (unpaired) electrons. The van der Waals surface area contributed by atoms with Gasteiger partial charge in [0.25, 0.3) is 0 Å². The second kappa shape index (κ2) is 5.74. The molecule has 0 saturated carbocycles. The lowest BCUT2D eigenvalue weighted by Gasteiger charge is -2.10. The summed E-state index contributed by atoms with van der Waals surface area (Å²) in [4.78, 5) is 9.12. The molecular weight excluding hydrogens is 242 g/mol. The zero-order valence-corrected chi connectivity index (χ0v) is 12.5. The van der Waals surface area contributed by atoms with E-state index in [9.17, 15) is 0 Å². The number of thioether (sulfide) groups is 1. The minimum absolute atomic E-state index is 0.979. The molecule has 0 fully saturated rings. The quantitative estimate of drug-likeness (QED) is 0.775. The molecule has 2 rings (SSSR count). The highest BCUT2D eigenvalue weighted by Gasteiger charge is 2.12. The standard InChI is InChI=1S/C14H21N3S/c1-5-13-16-12-9-15-11(3)10(2)14(12)17(13)7-6-8-18-4/h9H,5-8H2,1-4H3. The summed E-state index contributed by atoms with van der Waals surface area (Å²) >= 11 is 1.90. The third-order valence-electron chi connectivity index (χ3n) is 3.40. The fraction of sp³-hybridized carbons (Fsp3) is 0.571. The van der Waals surface area contributed by atoms with Crippen LogP contribution in [0.25, 0.3) is 11.0 Å². The van der Waals surface area contributed by atoms with Gasteiger partial charge in [0.2, 0.25) is 0 Å². The van der Waals surface area contributed by atoms with Gasteiger partial charge in [0.15, 0.2) is 0 Å². The Hall–Kier alpha value is -1.03. The molecule has 0 aliphatic rings. The van der Waals surface area contributed by atoms with E-state index in [0.29, 0.717) is 0 Å². The highest BCUT2D eigenvalue weighted by atomic mass is 32.2. The van der Waals surface area contributed by atoms with E-state index >= 15 is 0 Å². The summed E-state index contributed by atoms with van der Waals surface area (Å²) in [7, 11) is 0. The van der Waals surface area contributed by atoms with Gasteiger partial charge in [-0.05, 0) is 37.8 Å². The van der Waals surface area contributed by atoms with Crippen LogP contribution in [-0.2, 0) is 13.0 Å². The minimum Gasteiger partial charge on any atom is -0.328 e. The summed E-state index contributed by atoms with van der Waals surface area (Å²) in [5, 5.41) is 0. The molecule has 0 bridgehead atoms. The Balaban J connectivity index is 2.49. The molecule has 0 saturated heterocycles. The first-order valence-corrected chi connectivity index (χ1v) is 7.88. The second-order valence-electron chi connectivity index (χ2n) is 4.58. The normalized spacial score (nSPS) is 11.3. The van der Waals surface area contributed by atoms with Crippen molar-refractivity contribution in [3.05, 3.63) is 23.3 Å². The molecule has 0 aliphatic carbocycles. The molecular formula is C14H21N3S. The van der Waals surface area contributed by atoms with Crippen molar-refractivity contribution in [1.82, 2.24) is 14.5 Å². The number of aryl methyl sites for hydroxylation is 4. The molecule has 98 valence electrons. The molecule has 0 aromatic carbocycles. The summed E-state index contributed by atoms with van der Waals surface area (Å²) in [6.07, 6.45) is 6.24. The Morgan fingerprint density at radius 1 is 1.33 bits per heavy atom. The van der Waals surface area contributed by atoms with Crippen molar-refractivity contribution in [2.24, 2.45) is 0 Å². The molecule has 0 atom stereocenters. The summed E-state index contributed by atoms with van der Waals surface area (Å²) in [6.45, 7) is 7.45. The van der Waals surface area contributed by atoms with E-state index in [1.165, 1.54) is 29.1 Å². The lowest BCUT2D eigenvalue weighted by molar-refractivity contribution is 0.663. The Bertz CT molecular complexity index is 545. The van der Waals surface area contributed by atoms with Crippen molar-refractivity contribution in [2.75, 3.05) is 12.0 Å². The second-order valence-corrected chi connectivity index (χ2v) is 5.57. The van der Waals surface area contributed by atoms with E-state index in [1.54, 1.807) is 0 Å². The number of hydrogen-bond acceptors (Lipinski definition) is 3. The van der Waals surface area contributed by atoms with Crippen LogP contribution >= 0.6 is 11.8 Å². The van der Waals surface area contributed by atoms with E-state index < -0.39 is 0 Å². The summed E-state index contributed by atoms with van der Waals surface area (Å²) in [6, 6.07) is 0. The minimum atomic E-state index is 0.979. The van der Waals surface area contributed by atoms with Crippen LogP contribution in [0.3, 0.4) is 0 Å². The number of aromatic nitrogens is 3. The van der Waals surface area contributed by atoms with Gasteiger partial charge in [-0.1, -0.05) is 6.92 Å². The number of imidazole rings is 1. The number of hydrogen-bond donors (Lipinski definition) is 0. The molecule has 2 aromatic rings. The lowest BCUT2D eigenvalue weighted by Crippen LogP contribution is -2.05. The van der Waals surface area contributed by atoms with Gasteiger partial charge >= 0.3 is 0 Å². The maximum Gasteiger partial charge on any atom is 0.109 e. The fourth-order valence-electron chi connectivity index (χ4n) is 2.31. The van der Waals surface area contributed by atoms with Gasteiger partial charge in [-0.2, -0.15) is 11.8 Å². The molecule has 3 nitrogen and oxygen atoms in total. The Labute approximate surface area is 113 Å². The van der Waals surface area contributed by atoms with E-state index in [1.807, 2.05) is 18.0 Å². The zero-order valence-electron chi connectivity index (χ0n) is 11.7. The van der Waals surface area contributed by atoms with Gasteiger partial charge < -0.3 is 4.57 Å². The van der Waals surface area contributed by atoms with Gasteiger partial charge in [0.1, 0.15) is 11.3 Å². The van der Waals surface area contributed by atoms with Crippen LogP contribution in [0.4, 0.5) is 0 Å². The van der Waals surface area contributed by atoms with Crippen molar-refractivity contribution in [1.29, 1.82) is 0 Å². The molecule has 2 aromatic heterocycles. The van der Waals surface area contributed by atoms with E-state index in [2.05, 4.69) is 36.6 Å². The maximum atomic E-state index is 4.71. The monoisotopic (exact) mass is 263 g/mol. The first-order valence-electron chi connectivity index (χ1n) is 6.49. The highest BCUT2D eigenvalue weighted by Crippen LogP contribution is 2.22. The topological polar surface area (TPSA) is 30.7 Å². The van der Waals surface area contributed by atoms with Crippen LogP contribution in [0.5, 0.6) is 0 Å². The molecule has 0 spiro atoms. The van der Waals surface area contributed by atoms with Gasteiger partial charge in [0.05, 0.1) is 11.7 Å². The Morgan fingerprint density at radius 3 is 2.78 bits per heavy atom. The van der Waals surface area contributed by atoms with Gasteiger partial charge in [-0.25, -0.2) is 4.98 Å². The predicted octanol–water partition coefficient (Wildman–Crippen LogP) is 3.36. The van der Waals surface area contributed by atoms with Crippen LogP contribution in [0.1, 0.15) is 30.4 Å². The Morgan fingerprint density at radius 2 is 2.11 bits per heavy atom. The van der Waals surface area contributed by atoms with Crippen LogP contribution in [0.15, 0.2) is 6.20 Å². The van der Waals surface area contributed by atoms with E-state index in [0.717, 1.165) is 24.2 Å². The van der Waals surface area contributed by atoms with Crippen LogP contribution in [0, 0.1) is 13.8 Å². The fourth-order valence-corrected chi connectivity index (χ4v) is 2.73. The lowest BCUT2D eigenvalue weighted by atomic mass is 10.2. The third-order valence-corrected chi connectivity index (χ3v) is 4.10. The molecule has 4 heteroatoms. The smallest absolute Gasteiger partial charge is 0.109 e. The van der Waals surface area contributed by atoms with Crippen molar-refractivity contribution >= 4 is 22.8 Å². The van der Waals surface area contributed by atoms with Gasteiger partial charge in [-0.3, -0.25) is 4.98 Å². The summed E-state index contributed by atoms with van der Waals surface area (Å²) in [5.74, 6) is 2.38. The molecule has 18 heavy (non-hydrogen) atoms. The zero-order chi connectivity index (χ0) is 13.1. The van der Waals surface area contributed by atoms with Crippen molar-refractivity contribution < 1.29 is 0 Å². The molecule has 0 N–H and O–H groups in total. The number of nitrogens with zero attached hydrogens (tertiary/aromatic N) is 3. The van der Waals surface area contributed by atoms with E-state index in [4.69, 9.17) is 4.98 Å². The number of pyridine rings is 1. The largest absolute Gasteiger partial charge is 0.328 e. The highest BCUT2D eigenvalue weighted by molar-refractivity contribution is 7.98. The van der Waals surface area contributed by atoms with Gasteiger partial charge in [0, 0.05) is 18.7 Å². The van der Waals surface area contributed by atoms with Crippen molar-refractivity contribution in [3.8, 4) is 0 Å². The average molecular weight is 263 g/mol. The molecule has 0 unspecified atom stereocenters. The summed E-state index contributed by atoms with van der Waals surface area (Å²) in [5.41, 5.74) is 4.69. The van der Waals surface area contributed by atoms with E-state index in [-0.39, 0.29) is 0 Å². The first-order chi connectivity index (χ1) is 8.69. The first kappa shape index (κ1) is 13.4. The van der Waals surface area contributed by atoms with Crippen molar-refractivity contribution in [2.45, 2.75) is 40.2 Å². The van der Waals surface area contributed by atoms with Crippen LogP contribution in [0.2, 0.25) is 0 Å². The number of fused-ring (bicyclic) bond motifs is 1. The molecule has 0 amide bonds. The number of rotatable bonds is 5. The molecule has 0 aliphatic heterocycles.